The van der Waals surface area contributed by atoms with Gasteiger partial charge in [-0.1, -0.05) is 6.07 Å². The molecular weight excluding hydrogens is 239 g/mol. The fourth-order valence-corrected chi connectivity index (χ4v) is 1.73. The molecule has 5 nitrogen and oxygen atoms in total. The van der Waals surface area contributed by atoms with Gasteiger partial charge in [0.15, 0.2) is 5.82 Å². The van der Waals surface area contributed by atoms with Crippen molar-refractivity contribution >= 4 is 5.69 Å². The summed E-state index contributed by atoms with van der Waals surface area (Å²) in [5.74, 6) is -1.09. The lowest BCUT2D eigenvalue weighted by atomic mass is 10.1. The molecule has 2 rings (SSSR count). The van der Waals surface area contributed by atoms with Gasteiger partial charge in [0, 0.05) is 17.9 Å². The first-order valence-corrected chi connectivity index (χ1v) is 5.51. The Bertz CT molecular complexity index is 521. The van der Waals surface area contributed by atoms with Crippen LogP contribution < -0.4 is 4.74 Å². The molecular formula is C12H11FN2O3. The molecule has 0 aromatic heterocycles. The summed E-state index contributed by atoms with van der Waals surface area (Å²) in [7, 11) is 0. The molecule has 1 aromatic rings. The van der Waals surface area contributed by atoms with Crippen LogP contribution in [0.25, 0.3) is 0 Å². The number of ether oxygens (including phenoxy) is 1. The molecule has 1 fully saturated rings. The van der Waals surface area contributed by atoms with Crippen LogP contribution in [0.4, 0.5) is 10.1 Å². The summed E-state index contributed by atoms with van der Waals surface area (Å²) in [6.07, 6.45) is 2.00. The monoisotopic (exact) mass is 250 g/mol. The second-order valence-corrected chi connectivity index (χ2v) is 4.47. The van der Waals surface area contributed by atoms with E-state index in [4.69, 9.17) is 10.00 Å². The first-order valence-electron chi connectivity index (χ1n) is 5.51. The zero-order valence-electron chi connectivity index (χ0n) is 9.56. The molecule has 0 saturated heterocycles. The maximum Gasteiger partial charge on any atom is 0.314 e. The highest BCUT2D eigenvalue weighted by atomic mass is 19.1. The number of nitro groups is 1. The van der Waals surface area contributed by atoms with Gasteiger partial charge >= 0.3 is 5.69 Å². The van der Waals surface area contributed by atoms with E-state index in [1.165, 1.54) is 12.1 Å². The van der Waals surface area contributed by atoms with E-state index in [1.54, 1.807) is 0 Å². The van der Waals surface area contributed by atoms with Crippen molar-refractivity contribution in [2.45, 2.75) is 19.3 Å². The summed E-state index contributed by atoms with van der Waals surface area (Å²) in [5, 5.41) is 19.4. The van der Waals surface area contributed by atoms with Crippen molar-refractivity contribution in [2.24, 2.45) is 5.41 Å². The van der Waals surface area contributed by atoms with E-state index >= 15 is 0 Å². The van der Waals surface area contributed by atoms with Crippen LogP contribution in [0.15, 0.2) is 18.2 Å². The third kappa shape index (κ3) is 2.40. The Morgan fingerprint density at radius 1 is 1.56 bits per heavy atom. The van der Waals surface area contributed by atoms with E-state index in [2.05, 4.69) is 6.07 Å². The van der Waals surface area contributed by atoms with Crippen molar-refractivity contribution in [1.29, 1.82) is 5.26 Å². The second-order valence-electron chi connectivity index (χ2n) is 4.47. The summed E-state index contributed by atoms with van der Waals surface area (Å²) in [6.45, 7) is 0.141. The Labute approximate surface area is 103 Å². The average Bonchev–Trinajstić information content (AvgIpc) is 3.08. The molecule has 0 unspecified atom stereocenters. The molecule has 1 saturated carbocycles. The standard InChI is InChI=1S/C12H11FN2O3/c13-9-2-1-3-10(15(16)17)11(9)18-8-12(4-5-12)6-7-14/h1-3H,4-6,8H2. The van der Waals surface area contributed by atoms with Crippen LogP contribution in [-0.2, 0) is 0 Å². The average molecular weight is 250 g/mol. The van der Waals surface area contributed by atoms with Crippen molar-refractivity contribution in [3.8, 4) is 11.8 Å². The van der Waals surface area contributed by atoms with E-state index in [-0.39, 0.29) is 23.5 Å². The maximum atomic E-state index is 13.5. The Morgan fingerprint density at radius 3 is 2.83 bits per heavy atom. The molecule has 0 heterocycles. The zero-order valence-corrected chi connectivity index (χ0v) is 9.56. The van der Waals surface area contributed by atoms with Crippen LogP contribution in [-0.4, -0.2) is 11.5 Å². The largest absolute Gasteiger partial charge is 0.484 e. The maximum absolute atomic E-state index is 13.5. The van der Waals surface area contributed by atoms with Crippen LogP contribution >= 0.6 is 0 Å². The lowest BCUT2D eigenvalue weighted by Crippen LogP contribution is -2.13. The van der Waals surface area contributed by atoms with Gasteiger partial charge in [-0.25, -0.2) is 4.39 Å². The minimum atomic E-state index is -0.753. The van der Waals surface area contributed by atoms with Gasteiger partial charge in [-0.3, -0.25) is 10.1 Å². The molecule has 0 radical (unpaired) electrons. The van der Waals surface area contributed by atoms with E-state index in [9.17, 15) is 14.5 Å². The predicted octanol–water partition coefficient (Wildman–Crippen LogP) is 2.81. The van der Waals surface area contributed by atoms with Gasteiger partial charge in [0.25, 0.3) is 0 Å². The molecule has 0 spiro atoms. The SMILES string of the molecule is N#CCC1(COc2c(F)cccc2[N+](=O)[O-])CC1. The highest BCUT2D eigenvalue weighted by molar-refractivity contribution is 5.47. The Hall–Kier alpha value is -2.16. The van der Waals surface area contributed by atoms with Gasteiger partial charge in [-0.05, 0) is 18.9 Å². The molecule has 6 heteroatoms. The number of benzene rings is 1. The quantitative estimate of drug-likeness (QED) is 0.594. The van der Waals surface area contributed by atoms with Gasteiger partial charge in [-0.15, -0.1) is 0 Å². The topological polar surface area (TPSA) is 76.2 Å². The lowest BCUT2D eigenvalue weighted by molar-refractivity contribution is -0.386. The number of nitro benzene ring substituents is 1. The zero-order chi connectivity index (χ0) is 13.2. The number of rotatable bonds is 5. The van der Waals surface area contributed by atoms with E-state index < -0.39 is 10.7 Å². The molecule has 94 valence electrons. The summed E-state index contributed by atoms with van der Waals surface area (Å²) in [5.41, 5.74) is -0.631. The van der Waals surface area contributed by atoms with Gasteiger partial charge in [0.2, 0.25) is 5.75 Å². The first kappa shape index (κ1) is 12.3. The molecule has 1 aliphatic carbocycles. The van der Waals surface area contributed by atoms with Crippen molar-refractivity contribution in [3.63, 3.8) is 0 Å². The Morgan fingerprint density at radius 2 is 2.28 bits per heavy atom. The van der Waals surface area contributed by atoms with Crippen LogP contribution in [0, 0.1) is 32.7 Å². The van der Waals surface area contributed by atoms with E-state index in [0.29, 0.717) is 6.42 Å². The van der Waals surface area contributed by atoms with Gasteiger partial charge in [-0.2, -0.15) is 5.26 Å². The molecule has 0 bridgehead atoms. The summed E-state index contributed by atoms with van der Waals surface area (Å²) in [6, 6.07) is 5.63. The number of hydrogen-bond donors (Lipinski definition) is 0. The second kappa shape index (κ2) is 4.61. The van der Waals surface area contributed by atoms with Crippen molar-refractivity contribution < 1.29 is 14.1 Å². The third-order valence-electron chi connectivity index (χ3n) is 3.08. The minimum absolute atomic E-state index is 0.141. The molecule has 1 aromatic carbocycles. The van der Waals surface area contributed by atoms with Crippen LogP contribution in [0.3, 0.4) is 0 Å². The summed E-state index contributed by atoms with van der Waals surface area (Å²) in [4.78, 5) is 10.1. The fraction of sp³-hybridized carbons (Fsp3) is 0.417. The van der Waals surface area contributed by atoms with Crippen molar-refractivity contribution in [1.82, 2.24) is 0 Å². The van der Waals surface area contributed by atoms with Crippen molar-refractivity contribution in [3.05, 3.63) is 34.1 Å². The lowest BCUT2D eigenvalue weighted by Gasteiger charge is -2.13. The van der Waals surface area contributed by atoms with Crippen LogP contribution in [0.2, 0.25) is 0 Å². The molecule has 1 aliphatic rings. The normalized spacial score (nSPS) is 15.8. The number of nitriles is 1. The molecule has 0 aliphatic heterocycles. The number of halogens is 1. The molecule has 0 atom stereocenters. The Kier molecular flexibility index (Phi) is 3.15. The van der Waals surface area contributed by atoms with Gasteiger partial charge < -0.3 is 4.74 Å². The first-order chi connectivity index (χ1) is 8.58. The predicted molar refractivity (Wildman–Crippen MR) is 60.4 cm³/mol. The number of para-hydroxylation sites is 1. The van der Waals surface area contributed by atoms with E-state index in [1.807, 2.05) is 0 Å². The number of hydrogen-bond acceptors (Lipinski definition) is 4. The molecule has 18 heavy (non-hydrogen) atoms. The van der Waals surface area contributed by atoms with Gasteiger partial charge in [0.05, 0.1) is 17.6 Å². The Balaban J connectivity index is 2.14. The summed E-state index contributed by atoms with van der Waals surface area (Å²) < 4.78 is 18.7. The molecule has 0 N–H and O–H groups in total. The van der Waals surface area contributed by atoms with Gasteiger partial charge in [0.1, 0.15) is 0 Å². The summed E-state index contributed by atoms with van der Waals surface area (Å²) >= 11 is 0. The van der Waals surface area contributed by atoms with Crippen molar-refractivity contribution in [2.75, 3.05) is 6.61 Å². The van der Waals surface area contributed by atoms with E-state index in [0.717, 1.165) is 18.9 Å². The van der Waals surface area contributed by atoms with Crippen LogP contribution in [0.5, 0.6) is 5.75 Å². The highest BCUT2D eigenvalue weighted by Gasteiger charge is 2.44. The fourth-order valence-electron chi connectivity index (χ4n) is 1.73. The molecule has 0 amide bonds. The third-order valence-corrected chi connectivity index (χ3v) is 3.08. The number of nitrogens with zero attached hydrogens (tertiary/aromatic N) is 2. The minimum Gasteiger partial charge on any atom is -0.484 e. The van der Waals surface area contributed by atoms with Crippen LogP contribution in [0.1, 0.15) is 19.3 Å². The smallest absolute Gasteiger partial charge is 0.314 e. The highest BCUT2D eigenvalue weighted by Crippen LogP contribution is 2.49.